The molecule has 0 fully saturated rings. The Labute approximate surface area is 155 Å². The van der Waals surface area contributed by atoms with E-state index in [9.17, 15) is 4.79 Å². The molecule has 0 aromatic heterocycles. The lowest BCUT2D eigenvalue weighted by Gasteiger charge is -2.29. The van der Waals surface area contributed by atoms with Gasteiger partial charge in [0, 0.05) is 13.1 Å². The lowest BCUT2D eigenvalue weighted by atomic mass is 9.99. The SMILES string of the molecule is COc1ccc2c(c1)CN(C(=O)COc1cc(C(C)C)ccc1C)CC2. The number of rotatable bonds is 5. The monoisotopic (exact) mass is 353 g/mol. The van der Waals surface area contributed by atoms with Crippen LogP contribution in [0.4, 0.5) is 0 Å². The minimum absolute atomic E-state index is 0.0211. The van der Waals surface area contributed by atoms with Crippen LogP contribution in [0.25, 0.3) is 0 Å². The number of carbonyl (C=O) groups excluding carboxylic acids is 1. The molecule has 26 heavy (non-hydrogen) atoms. The van der Waals surface area contributed by atoms with Crippen molar-refractivity contribution in [2.75, 3.05) is 20.3 Å². The third-order valence-electron chi connectivity index (χ3n) is 5.01. The fraction of sp³-hybridized carbons (Fsp3) is 0.409. The van der Waals surface area contributed by atoms with Gasteiger partial charge < -0.3 is 14.4 Å². The summed E-state index contributed by atoms with van der Waals surface area (Å²) in [5, 5.41) is 0. The minimum atomic E-state index is 0.0211. The Bertz CT molecular complexity index is 798. The fourth-order valence-corrected chi connectivity index (χ4v) is 3.24. The van der Waals surface area contributed by atoms with Gasteiger partial charge in [-0.3, -0.25) is 4.79 Å². The third kappa shape index (κ3) is 4.01. The van der Waals surface area contributed by atoms with E-state index in [1.54, 1.807) is 7.11 Å². The van der Waals surface area contributed by atoms with Gasteiger partial charge in [-0.25, -0.2) is 0 Å². The van der Waals surface area contributed by atoms with Crippen LogP contribution in [0.1, 0.15) is 42.0 Å². The first-order chi connectivity index (χ1) is 12.5. The van der Waals surface area contributed by atoms with E-state index in [1.165, 1.54) is 11.1 Å². The van der Waals surface area contributed by atoms with Crippen LogP contribution in [-0.2, 0) is 17.8 Å². The molecule has 0 bridgehead atoms. The van der Waals surface area contributed by atoms with Crippen molar-refractivity contribution in [2.24, 2.45) is 0 Å². The molecule has 0 saturated heterocycles. The Hall–Kier alpha value is -2.49. The largest absolute Gasteiger partial charge is 0.497 e. The van der Waals surface area contributed by atoms with E-state index in [0.29, 0.717) is 12.5 Å². The van der Waals surface area contributed by atoms with Crippen LogP contribution in [0, 0.1) is 6.92 Å². The van der Waals surface area contributed by atoms with Crippen LogP contribution < -0.4 is 9.47 Å². The highest BCUT2D eigenvalue weighted by atomic mass is 16.5. The van der Waals surface area contributed by atoms with E-state index in [0.717, 1.165) is 35.6 Å². The van der Waals surface area contributed by atoms with Crippen molar-refractivity contribution < 1.29 is 14.3 Å². The van der Waals surface area contributed by atoms with E-state index >= 15 is 0 Å². The highest BCUT2D eigenvalue weighted by Gasteiger charge is 2.21. The van der Waals surface area contributed by atoms with Crippen molar-refractivity contribution in [3.8, 4) is 11.5 Å². The van der Waals surface area contributed by atoms with Crippen molar-refractivity contribution in [1.29, 1.82) is 0 Å². The van der Waals surface area contributed by atoms with Crippen LogP contribution in [0.3, 0.4) is 0 Å². The molecule has 0 unspecified atom stereocenters. The van der Waals surface area contributed by atoms with Crippen molar-refractivity contribution in [3.63, 3.8) is 0 Å². The van der Waals surface area contributed by atoms with Gasteiger partial charge in [0.2, 0.25) is 0 Å². The van der Waals surface area contributed by atoms with Crippen LogP contribution >= 0.6 is 0 Å². The summed E-state index contributed by atoms with van der Waals surface area (Å²) in [4.78, 5) is 14.5. The second-order valence-corrected chi connectivity index (χ2v) is 7.17. The average Bonchev–Trinajstić information content (AvgIpc) is 2.65. The van der Waals surface area contributed by atoms with Crippen molar-refractivity contribution in [2.45, 2.75) is 39.7 Å². The highest BCUT2D eigenvalue weighted by molar-refractivity contribution is 5.78. The topological polar surface area (TPSA) is 38.8 Å². The van der Waals surface area contributed by atoms with Gasteiger partial charge in [-0.05, 0) is 59.7 Å². The van der Waals surface area contributed by atoms with Gasteiger partial charge in [0.25, 0.3) is 5.91 Å². The maximum atomic E-state index is 12.6. The molecule has 138 valence electrons. The predicted molar refractivity (Wildman–Crippen MR) is 103 cm³/mol. The molecule has 1 aliphatic rings. The number of amides is 1. The summed E-state index contributed by atoms with van der Waals surface area (Å²) in [6.07, 6.45) is 0.868. The Morgan fingerprint density at radius 1 is 1.15 bits per heavy atom. The number of ether oxygens (including phenoxy) is 2. The van der Waals surface area contributed by atoms with Crippen molar-refractivity contribution >= 4 is 5.91 Å². The van der Waals surface area contributed by atoms with Crippen LogP contribution in [0.15, 0.2) is 36.4 Å². The summed E-state index contributed by atoms with van der Waals surface area (Å²) in [6.45, 7) is 7.72. The fourth-order valence-electron chi connectivity index (χ4n) is 3.24. The maximum absolute atomic E-state index is 12.6. The third-order valence-corrected chi connectivity index (χ3v) is 5.01. The molecule has 0 atom stereocenters. The van der Waals surface area contributed by atoms with Gasteiger partial charge in [0.15, 0.2) is 6.61 Å². The lowest BCUT2D eigenvalue weighted by molar-refractivity contribution is -0.134. The van der Waals surface area contributed by atoms with Gasteiger partial charge in [0.1, 0.15) is 11.5 Å². The molecule has 0 radical (unpaired) electrons. The Morgan fingerprint density at radius 2 is 1.96 bits per heavy atom. The summed E-state index contributed by atoms with van der Waals surface area (Å²) in [6, 6.07) is 12.3. The summed E-state index contributed by atoms with van der Waals surface area (Å²) in [5.41, 5.74) is 4.71. The van der Waals surface area contributed by atoms with Crippen molar-refractivity contribution in [3.05, 3.63) is 58.7 Å². The van der Waals surface area contributed by atoms with Gasteiger partial charge >= 0.3 is 0 Å². The van der Waals surface area contributed by atoms with Crippen LogP contribution in [-0.4, -0.2) is 31.1 Å². The van der Waals surface area contributed by atoms with E-state index < -0.39 is 0 Å². The predicted octanol–water partition coefficient (Wildman–Crippen LogP) is 4.09. The molecule has 4 heteroatoms. The zero-order valence-electron chi connectivity index (χ0n) is 16.0. The van der Waals surface area contributed by atoms with Gasteiger partial charge in [-0.1, -0.05) is 32.0 Å². The molecule has 1 amide bonds. The number of hydrogen-bond acceptors (Lipinski definition) is 3. The smallest absolute Gasteiger partial charge is 0.260 e. The molecule has 0 saturated carbocycles. The van der Waals surface area contributed by atoms with E-state index in [1.807, 2.05) is 30.0 Å². The number of aryl methyl sites for hydroxylation is 1. The average molecular weight is 353 g/mol. The van der Waals surface area contributed by atoms with Crippen molar-refractivity contribution in [1.82, 2.24) is 4.90 Å². The van der Waals surface area contributed by atoms with E-state index in [4.69, 9.17) is 9.47 Å². The first-order valence-corrected chi connectivity index (χ1v) is 9.15. The zero-order valence-corrected chi connectivity index (χ0v) is 16.0. The first kappa shape index (κ1) is 18.3. The molecule has 0 aliphatic carbocycles. The molecule has 0 N–H and O–H groups in total. The lowest BCUT2D eigenvalue weighted by Crippen LogP contribution is -2.38. The molecule has 2 aromatic carbocycles. The van der Waals surface area contributed by atoms with E-state index in [2.05, 4.69) is 32.0 Å². The number of nitrogens with zero attached hydrogens (tertiary/aromatic N) is 1. The minimum Gasteiger partial charge on any atom is -0.497 e. The number of carbonyl (C=O) groups is 1. The second-order valence-electron chi connectivity index (χ2n) is 7.17. The van der Waals surface area contributed by atoms with Gasteiger partial charge in [-0.2, -0.15) is 0 Å². The highest BCUT2D eigenvalue weighted by Crippen LogP contribution is 2.26. The molecular weight excluding hydrogens is 326 g/mol. The summed E-state index contributed by atoms with van der Waals surface area (Å²) in [5.74, 6) is 2.08. The molecule has 1 aliphatic heterocycles. The maximum Gasteiger partial charge on any atom is 0.260 e. The number of hydrogen-bond donors (Lipinski definition) is 0. The van der Waals surface area contributed by atoms with Gasteiger partial charge in [0.05, 0.1) is 7.11 Å². The Kier molecular flexibility index (Phi) is 5.50. The summed E-state index contributed by atoms with van der Waals surface area (Å²) >= 11 is 0. The standard InChI is InChI=1S/C22H27NO3/c1-15(2)18-6-5-16(3)21(12-18)26-14-22(24)23-10-9-17-7-8-20(25-4)11-19(17)13-23/h5-8,11-12,15H,9-10,13-14H2,1-4H3. The zero-order chi connectivity index (χ0) is 18.7. The van der Waals surface area contributed by atoms with E-state index in [-0.39, 0.29) is 12.5 Å². The number of benzene rings is 2. The molecule has 1 heterocycles. The molecule has 2 aromatic rings. The first-order valence-electron chi connectivity index (χ1n) is 9.15. The molecule has 3 rings (SSSR count). The Balaban J connectivity index is 1.65. The normalized spacial score (nSPS) is 13.5. The Morgan fingerprint density at radius 3 is 2.69 bits per heavy atom. The summed E-state index contributed by atoms with van der Waals surface area (Å²) < 4.78 is 11.2. The van der Waals surface area contributed by atoms with Crippen LogP contribution in [0.2, 0.25) is 0 Å². The second kappa shape index (κ2) is 7.81. The number of fused-ring (bicyclic) bond motifs is 1. The molecule has 0 spiro atoms. The molecule has 4 nitrogen and oxygen atoms in total. The quantitative estimate of drug-likeness (QED) is 0.813. The van der Waals surface area contributed by atoms with Gasteiger partial charge in [-0.15, -0.1) is 0 Å². The summed E-state index contributed by atoms with van der Waals surface area (Å²) in [7, 11) is 1.66. The molecular formula is C22H27NO3. The number of methoxy groups -OCH3 is 1. The van der Waals surface area contributed by atoms with Crippen LogP contribution in [0.5, 0.6) is 11.5 Å².